The second kappa shape index (κ2) is 7.44. The third kappa shape index (κ3) is 3.51. The van der Waals surface area contributed by atoms with Crippen molar-refractivity contribution in [2.45, 2.75) is 0 Å². The van der Waals surface area contributed by atoms with Crippen LogP contribution in [-0.4, -0.2) is 27.0 Å². The summed E-state index contributed by atoms with van der Waals surface area (Å²) in [6.07, 6.45) is 3.72. The first-order valence-corrected chi connectivity index (χ1v) is 9.31. The van der Waals surface area contributed by atoms with E-state index in [0.717, 1.165) is 33.2 Å². The van der Waals surface area contributed by atoms with E-state index >= 15 is 0 Å². The number of hydrogen-bond donors (Lipinski definition) is 3. The Hall–Kier alpha value is -4.19. The molecule has 5 aromatic rings. The van der Waals surface area contributed by atoms with Gasteiger partial charge in [0.1, 0.15) is 0 Å². The van der Waals surface area contributed by atoms with Crippen LogP contribution in [0.2, 0.25) is 0 Å². The molecule has 0 saturated carbocycles. The van der Waals surface area contributed by atoms with Crippen molar-refractivity contribution in [3.05, 3.63) is 96.4 Å². The number of nitrogens with zero attached hydrogens (tertiary/aromatic N) is 3. The lowest BCUT2D eigenvalue weighted by Gasteiger charge is -2.03. The SMILES string of the molecule is C(=N/NC(=Nc1ccccc1)c1nc2ccccc2[nH]1)/c1c[nH]c2ccccc12. The third-order valence-corrected chi connectivity index (χ3v) is 4.61. The van der Waals surface area contributed by atoms with E-state index in [9.17, 15) is 0 Å². The van der Waals surface area contributed by atoms with Crippen LogP contribution < -0.4 is 5.43 Å². The molecule has 0 aliphatic rings. The van der Waals surface area contributed by atoms with Crippen LogP contribution >= 0.6 is 0 Å². The zero-order valence-electron chi connectivity index (χ0n) is 15.5. The predicted molar refractivity (Wildman–Crippen MR) is 118 cm³/mol. The van der Waals surface area contributed by atoms with Crippen molar-refractivity contribution in [2.24, 2.45) is 10.1 Å². The van der Waals surface area contributed by atoms with Gasteiger partial charge < -0.3 is 9.97 Å². The number of fused-ring (bicyclic) bond motifs is 2. The number of para-hydroxylation sites is 4. The van der Waals surface area contributed by atoms with Gasteiger partial charge in [-0.05, 0) is 30.3 Å². The van der Waals surface area contributed by atoms with Crippen LogP contribution in [0.4, 0.5) is 5.69 Å². The number of H-pyrrole nitrogens is 2. The Kier molecular flexibility index (Phi) is 4.35. The third-order valence-electron chi connectivity index (χ3n) is 4.61. The summed E-state index contributed by atoms with van der Waals surface area (Å²) in [6.45, 7) is 0. The molecule has 0 atom stereocenters. The van der Waals surface area contributed by atoms with Gasteiger partial charge in [0.25, 0.3) is 0 Å². The summed E-state index contributed by atoms with van der Waals surface area (Å²) in [5, 5.41) is 5.54. The van der Waals surface area contributed by atoms with E-state index in [4.69, 9.17) is 4.99 Å². The molecule has 3 aromatic carbocycles. The monoisotopic (exact) mass is 378 g/mol. The molecule has 6 nitrogen and oxygen atoms in total. The number of aromatic amines is 2. The number of nitrogens with one attached hydrogen (secondary N) is 3. The second-order valence-electron chi connectivity index (χ2n) is 6.56. The van der Waals surface area contributed by atoms with Gasteiger partial charge >= 0.3 is 0 Å². The summed E-state index contributed by atoms with van der Waals surface area (Å²) in [7, 11) is 0. The molecule has 29 heavy (non-hydrogen) atoms. The highest BCUT2D eigenvalue weighted by molar-refractivity contribution is 6.02. The molecule has 5 rings (SSSR count). The number of benzene rings is 3. The summed E-state index contributed by atoms with van der Waals surface area (Å²) >= 11 is 0. The number of aromatic nitrogens is 3. The standard InChI is InChI=1S/C23H18N6/c1-2-8-17(9-3-1)26-23(22-27-20-12-6-7-13-21(20)28-22)29-25-15-16-14-24-19-11-5-4-10-18(16)19/h1-15,24H,(H,26,29)(H,27,28)/b25-15-. The normalized spacial score (nSPS) is 12.2. The molecule has 3 N–H and O–H groups in total. The van der Waals surface area contributed by atoms with E-state index in [2.05, 4.69) is 31.5 Å². The Bertz CT molecular complexity index is 1290. The summed E-state index contributed by atoms with van der Waals surface area (Å²) in [5.74, 6) is 1.18. The molecular weight excluding hydrogens is 360 g/mol. The van der Waals surface area contributed by atoms with E-state index in [1.165, 1.54) is 0 Å². The maximum Gasteiger partial charge on any atom is 0.190 e. The van der Waals surface area contributed by atoms with Crippen molar-refractivity contribution < 1.29 is 0 Å². The van der Waals surface area contributed by atoms with Crippen LogP contribution in [0.25, 0.3) is 21.9 Å². The number of rotatable bonds is 4. The molecule has 0 saturated heterocycles. The average molecular weight is 378 g/mol. The topological polar surface area (TPSA) is 81.2 Å². The highest BCUT2D eigenvalue weighted by Crippen LogP contribution is 2.16. The smallest absolute Gasteiger partial charge is 0.190 e. The molecule has 0 bridgehead atoms. The first kappa shape index (κ1) is 16.9. The van der Waals surface area contributed by atoms with Crippen molar-refractivity contribution >= 4 is 39.7 Å². The first-order chi connectivity index (χ1) is 14.4. The molecule has 0 unspecified atom stereocenters. The van der Waals surface area contributed by atoms with Crippen molar-refractivity contribution in [2.75, 3.05) is 0 Å². The van der Waals surface area contributed by atoms with Crippen LogP contribution in [0, 0.1) is 0 Å². The molecule has 2 heterocycles. The summed E-state index contributed by atoms with van der Waals surface area (Å²) in [6, 6.07) is 25.7. The predicted octanol–water partition coefficient (Wildman–Crippen LogP) is 4.75. The van der Waals surface area contributed by atoms with Crippen molar-refractivity contribution in [1.29, 1.82) is 0 Å². The van der Waals surface area contributed by atoms with Crippen molar-refractivity contribution in [1.82, 2.24) is 20.4 Å². The minimum absolute atomic E-state index is 0.545. The molecule has 0 aliphatic carbocycles. The van der Waals surface area contributed by atoms with Gasteiger partial charge in [-0.1, -0.05) is 48.5 Å². The van der Waals surface area contributed by atoms with Crippen LogP contribution in [0.3, 0.4) is 0 Å². The van der Waals surface area contributed by atoms with Crippen LogP contribution in [0.15, 0.2) is 95.2 Å². The first-order valence-electron chi connectivity index (χ1n) is 9.31. The fourth-order valence-corrected chi connectivity index (χ4v) is 3.19. The van der Waals surface area contributed by atoms with Gasteiger partial charge in [0, 0.05) is 22.7 Å². The van der Waals surface area contributed by atoms with Crippen molar-refractivity contribution in [3.8, 4) is 0 Å². The maximum absolute atomic E-state index is 4.70. The van der Waals surface area contributed by atoms with Gasteiger partial charge in [0.05, 0.1) is 22.9 Å². The van der Waals surface area contributed by atoms with E-state index in [0.29, 0.717) is 11.7 Å². The zero-order chi connectivity index (χ0) is 19.5. The highest BCUT2D eigenvalue weighted by atomic mass is 15.3. The van der Waals surface area contributed by atoms with E-state index in [1.807, 2.05) is 79.0 Å². The number of aliphatic imine (C=N–C) groups is 1. The fourth-order valence-electron chi connectivity index (χ4n) is 3.19. The summed E-state index contributed by atoms with van der Waals surface area (Å²) in [4.78, 5) is 15.9. The highest BCUT2D eigenvalue weighted by Gasteiger charge is 2.09. The lowest BCUT2D eigenvalue weighted by molar-refractivity contribution is 1.01. The molecule has 0 aliphatic heterocycles. The van der Waals surface area contributed by atoms with Gasteiger partial charge in [0.15, 0.2) is 11.7 Å². The molecule has 0 amide bonds. The number of hydrogen-bond acceptors (Lipinski definition) is 3. The Morgan fingerprint density at radius 1 is 0.862 bits per heavy atom. The quantitative estimate of drug-likeness (QED) is 0.240. The minimum atomic E-state index is 0.545. The zero-order valence-corrected chi connectivity index (χ0v) is 15.5. The van der Waals surface area contributed by atoms with E-state index < -0.39 is 0 Å². The molecule has 2 aromatic heterocycles. The Labute approximate surface area is 167 Å². The summed E-state index contributed by atoms with van der Waals surface area (Å²) < 4.78 is 0. The molecule has 0 spiro atoms. The number of hydrazone groups is 1. The number of imidazole rings is 1. The van der Waals surface area contributed by atoms with Gasteiger partial charge in [-0.15, -0.1) is 0 Å². The van der Waals surface area contributed by atoms with Crippen LogP contribution in [0.1, 0.15) is 11.4 Å². The van der Waals surface area contributed by atoms with Crippen LogP contribution in [-0.2, 0) is 0 Å². The average Bonchev–Trinajstić information content (AvgIpc) is 3.38. The van der Waals surface area contributed by atoms with Gasteiger partial charge in [0.2, 0.25) is 0 Å². The molecule has 6 heteroatoms. The molecule has 0 fully saturated rings. The second-order valence-corrected chi connectivity index (χ2v) is 6.56. The number of amidine groups is 1. The molecule has 0 radical (unpaired) electrons. The van der Waals surface area contributed by atoms with Gasteiger partial charge in [-0.3, -0.25) is 5.43 Å². The maximum atomic E-state index is 4.70. The fraction of sp³-hybridized carbons (Fsp3) is 0. The van der Waals surface area contributed by atoms with E-state index in [-0.39, 0.29) is 0 Å². The Morgan fingerprint density at radius 2 is 1.62 bits per heavy atom. The minimum Gasteiger partial charge on any atom is -0.361 e. The molecular formula is C23H18N6. The summed E-state index contributed by atoms with van der Waals surface area (Å²) in [5.41, 5.74) is 7.78. The van der Waals surface area contributed by atoms with E-state index in [1.54, 1.807) is 6.21 Å². The van der Waals surface area contributed by atoms with Crippen molar-refractivity contribution in [3.63, 3.8) is 0 Å². The lowest BCUT2D eigenvalue weighted by atomic mass is 10.2. The van der Waals surface area contributed by atoms with Crippen LogP contribution in [0.5, 0.6) is 0 Å². The Morgan fingerprint density at radius 3 is 2.48 bits per heavy atom. The van der Waals surface area contributed by atoms with Gasteiger partial charge in [-0.2, -0.15) is 5.10 Å². The lowest BCUT2D eigenvalue weighted by Crippen LogP contribution is -2.20. The Balaban J connectivity index is 1.49. The largest absolute Gasteiger partial charge is 0.361 e. The van der Waals surface area contributed by atoms with Gasteiger partial charge in [-0.25, -0.2) is 9.98 Å². The molecule has 140 valence electrons.